The SMILES string of the molecule is CC(C)(C)OC(=O)NCc1ccc(OCCCNc2cccc3c2C(=O)N(C2CCC(=O)NC2=O)C3=O)nc1. The van der Waals surface area contributed by atoms with E-state index in [1.54, 1.807) is 57.3 Å². The maximum atomic E-state index is 13.1. The second-order valence-corrected chi connectivity index (χ2v) is 10.2. The quantitative estimate of drug-likeness (QED) is 0.323. The van der Waals surface area contributed by atoms with Gasteiger partial charge in [-0.25, -0.2) is 9.78 Å². The fraction of sp³-hybridized carbons (Fsp3) is 0.407. The summed E-state index contributed by atoms with van der Waals surface area (Å²) in [5, 5.41) is 8.03. The van der Waals surface area contributed by atoms with Crippen LogP contribution in [0.2, 0.25) is 0 Å². The van der Waals surface area contributed by atoms with Crippen molar-refractivity contribution in [3.8, 4) is 5.88 Å². The Morgan fingerprint density at radius 1 is 1.13 bits per heavy atom. The van der Waals surface area contributed by atoms with Crippen molar-refractivity contribution in [1.29, 1.82) is 0 Å². The van der Waals surface area contributed by atoms with Crippen molar-refractivity contribution in [2.75, 3.05) is 18.5 Å². The molecule has 39 heavy (non-hydrogen) atoms. The zero-order chi connectivity index (χ0) is 28.2. The van der Waals surface area contributed by atoms with Crippen LogP contribution in [0, 0.1) is 0 Å². The molecule has 2 aliphatic rings. The standard InChI is InChI=1S/C27H31N5O7/c1-27(2,3)39-26(37)30-15-16-8-11-21(29-14-16)38-13-5-12-28-18-7-4-6-17-22(18)25(36)32(24(17)35)19-9-10-20(33)31-23(19)34/h4,6-8,11,14,19,28H,5,9-10,12-13,15H2,1-3H3,(H,30,37)(H,31,33,34). The molecule has 5 amide bonds. The van der Waals surface area contributed by atoms with Crippen molar-refractivity contribution in [3.63, 3.8) is 0 Å². The van der Waals surface area contributed by atoms with Crippen LogP contribution in [0.5, 0.6) is 5.88 Å². The highest BCUT2D eigenvalue weighted by Crippen LogP contribution is 2.32. The van der Waals surface area contributed by atoms with Crippen molar-refractivity contribution >= 4 is 35.4 Å². The number of rotatable bonds is 9. The largest absolute Gasteiger partial charge is 0.478 e. The molecule has 4 rings (SSSR count). The van der Waals surface area contributed by atoms with Crippen LogP contribution in [0.15, 0.2) is 36.5 Å². The first-order valence-electron chi connectivity index (χ1n) is 12.7. The number of carbonyl (C=O) groups is 5. The maximum Gasteiger partial charge on any atom is 0.407 e. The number of pyridine rings is 1. The van der Waals surface area contributed by atoms with Crippen molar-refractivity contribution in [3.05, 3.63) is 53.2 Å². The molecule has 0 bridgehead atoms. The number of nitrogens with one attached hydrogen (secondary N) is 3. The third-order valence-electron chi connectivity index (χ3n) is 5.99. The summed E-state index contributed by atoms with van der Waals surface area (Å²) in [5.74, 6) is -1.74. The lowest BCUT2D eigenvalue weighted by Crippen LogP contribution is -2.54. The number of carbonyl (C=O) groups excluding carboxylic acids is 5. The molecule has 1 aromatic heterocycles. The molecule has 1 saturated heterocycles. The third-order valence-corrected chi connectivity index (χ3v) is 5.99. The number of anilines is 1. The van der Waals surface area contributed by atoms with Crippen molar-refractivity contribution in [1.82, 2.24) is 20.5 Å². The Hall–Kier alpha value is -4.48. The van der Waals surface area contributed by atoms with Gasteiger partial charge >= 0.3 is 6.09 Å². The number of hydrogen-bond acceptors (Lipinski definition) is 9. The Labute approximate surface area is 225 Å². The molecule has 1 atom stereocenters. The van der Waals surface area contributed by atoms with E-state index in [0.29, 0.717) is 31.1 Å². The van der Waals surface area contributed by atoms with Crippen LogP contribution in [0.25, 0.3) is 0 Å². The van der Waals surface area contributed by atoms with Crippen LogP contribution in [0.4, 0.5) is 10.5 Å². The van der Waals surface area contributed by atoms with Crippen LogP contribution in [-0.4, -0.2) is 64.4 Å². The number of aromatic nitrogens is 1. The molecule has 1 unspecified atom stereocenters. The van der Waals surface area contributed by atoms with Gasteiger partial charge in [-0.3, -0.25) is 29.4 Å². The fourth-order valence-corrected chi connectivity index (χ4v) is 4.22. The maximum absolute atomic E-state index is 13.1. The molecular formula is C27H31N5O7. The van der Waals surface area contributed by atoms with Crippen molar-refractivity contribution in [2.45, 2.75) is 58.2 Å². The molecule has 12 heteroatoms. The summed E-state index contributed by atoms with van der Waals surface area (Å²) >= 11 is 0. The van der Waals surface area contributed by atoms with Gasteiger partial charge in [0.25, 0.3) is 11.8 Å². The highest BCUT2D eigenvalue weighted by Gasteiger charge is 2.45. The molecule has 1 aromatic carbocycles. The van der Waals surface area contributed by atoms with E-state index in [2.05, 4.69) is 20.9 Å². The summed E-state index contributed by atoms with van der Waals surface area (Å²) < 4.78 is 10.9. The van der Waals surface area contributed by atoms with Gasteiger partial charge in [0.1, 0.15) is 11.6 Å². The Kier molecular flexibility index (Phi) is 8.12. The third kappa shape index (κ3) is 6.70. The molecule has 206 valence electrons. The normalized spacial score (nSPS) is 17.0. The Bertz CT molecular complexity index is 1290. The van der Waals surface area contributed by atoms with E-state index in [0.717, 1.165) is 10.5 Å². The number of nitrogens with zero attached hydrogens (tertiary/aromatic N) is 2. The number of piperidine rings is 1. The van der Waals surface area contributed by atoms with E-state index in [9.17, 15) is 24.0 Å². The highest BCUT2D eigenvalue weighted by molar-refractivity contribution is 6.25. The number of benzene rings is 1. The van der Waals surface area contributed by atoms with Crippen LogP contribution in [0.3, 0.4) is 0 Å². The summed E-state index contributed by atoms with van der Waals surface area (Å²) in [4.78, 5) is 66.8. The number of amides is 5. The van der Waals surface area contributed by atoms with E-state index in [1.807, 2.05) is 0 Å². The van der Waals surface area contributed by atoms with E-state index >= 15 is 0 Å². The number of ether oxygens (including phenoxy) is 2. The van der Waals surface area contributed by atoms with Gasteiger partial charge in [-0.2, -0.15) is 0 Å². The minimum absolute atomic E-state index is 0.0650. The van der Waals surface area contributed by atoms with Gasteiger partial charge in [0.05, 0.1) is 17.7 Å². The lowest BCUT2D eigenvalue weighted by molar-refractivity contribution is -0.136. The van der Waals surface area contributed by atoms with Gasteiger partial charge in [-0.1, -0.05) is 12.1 Å². The first-order chi connectivity index (χ1) is 18.5. The molecule has 2 aliphatic heterocycles. The average Bonchev–Trinajstić information content (AvgIpc) is 3.13. The number of hydrogen-bond donors (Lipinski definition) is 3. The van der Waals surface area contributed by atoms with E-state index in [4.69, 9.17) is 9.47 Å². The molecule has 0 spiro atoms. The fourth-order valence-electron chi connectivity index (χ4n) is 4.22. The summed E-state index contributed by atoms with van der Waals surface area (Å²) in [7, 11) is 0. The summed E-state index contributed by atoms with van der Waals surface area (Å²) in [6.07, 6.45) is 1.84. The number of alkyl carbamates (subject to hydrolysis) is 1. The summed E-state index contributed by atoms with van der Waals surface area (Å²) in [5.41, 5.74) is 1.14. The molecular weight excluding hydrogens is 506 g/mol. The van der Waals surface area contributed by atoms with Gasteiger partial charge < -0.3 is 20.1 Å². The van der Waals surface area contributed by atoms with Gasteiger partial charge in [0.15, 0.2) is 0 Å². The van der Waals surface area contributed by atoms with Gasteiger partial charge in [-0.15, -0.1) is 0 Å². The zero-order valence-corrected chi connectivity index (χ0v) is 22.0. The Balaban J connectivity index is 1.25. The van der Waals surface area contributed by atoms with Crippen LogP contribution < -0.4 is 20.7 Å². The van der Waals surface area contributed by atoms with Gasteiger partial charge in [-0.05, 0) is 51.3 Å². The lowest BCUT2D eigenvalue weighted by atomic mass is 10.0. The second kappa shape index (κ2) is 11.5. The number of fused-ring (bicyclic) bond motifs is 1. The first-order valence-corrected chi connectivity index (χ1v) is 12.7. The molecule has 0 aliphatic carbocycles. The van der Waals surface area contributed by atoms with E-state index < -0.39 is 41.4 Å². The van der Waals surface area contributed by atoms with E-state index in [1.165, 1.54) is 0 Å². The lowest BCUT2D eigenvalue weighted by Gasteiger charge is -2.27. The predicted octanol–water partition coefficient (Wildman–Crippen LogP) is 2.39. The van der Waals surface area contributed by atoms with Crippen LogP contribution in [-0.2, 0) is 20.9 Å². The Morgan fingerprint density at radius 3 is 2.62 bits per heavy atom. The minimum Gasteiger partial charge on any atom is -0.478 e. The molecule has 12 nitrogen and oxygen atoms in total. The zero-order valence-electron chi connectivity index (χ0n) is 22.0. The van der Waals surface area contributed by atoms with E-state index in [-0.39, 0.29) is 30.5 Å². The predicted molar refractivity (Wildman–Crippen MR) is 139 cm³/mol. The summed E-state index contributed by atoms with van der Waals surface area (Å²) in [6, 6.07) is 7.40. The average molecular weight is 538 g/mol. The Morgan fingerprint density at radius 2 is 1.92 bits per heavy atom. The van der Waals surface area contributed by atoms with Gasteiger partial charge in [0.2, 0.25) is 17.7 Å². The van der Waals surface area contributed by atoms with Crippen LogP contribution in [0.1, 0.15) is 66.3 Å². The highest BCUT2D eigenvalue weighted by atomic mass is 16.6. The number of imide groups is 2. The molecule has 2 aromatic rings. The monoisotopic (exact) mass is 537 g/mol. The topological polar surface area (TPSA) is 156 Å². The van der Waals surface area contributed by atoms with Gasteiger partial charge in [0, 0.05) is 37.5 Å². The van der Waals surface area contributed by atoms with Crippen molar-refractivity contribution < 1.29 is 33.4 Å². The molecule has 0 radical (unpaired) electrons. The van der Waals surface area contributed by atoms with Crippen LogP contribution >= 0.6 is 0 Å². The second-order valence-electron chi connectivity index (χ2n) is 10.2. The van der Waals surface area contributed by atoms with Crippen molar-refractivity contribution in [2.24, 2.45) is 0 Å². The smallest absolute Gasteiger partial charge is 0.407 e. The minimum atomic E-state index is -1.01. The first kappa shape index (κ1) is 27.6. The molecule has 1 fully saturated rings. The molecule has 3 heterocycles. The molecule has 3 N–H and O–H groups in total. The summed E-state index contributed by atoms with van der Waals surface area (Å²) in [6.45, 7) is 6.45. The molecule has 0 saturated carbocycles.